The number of hydrogen-bond donors (Lipinski definition) is 0. The molecule has 0 saturated heterocycles. The first kappa shape index (κ1) is 22.1. The second-order valence-corrected chi connectivity index (χ2v) is 9.50. The van der Waals surface area contributed by atoms with Crippen LogP contribution in [-0.4, -0.2) is 10.5 Å². The zero-order valence-electron chi connectivity index (χ0n) is 17.7. The molecule has 4 rings (SSSR count). The van der Waals surface area contributed by atoms with Gasteiger partial charge in [0.1, 0.15) is 0 Å². The van der Waals surface area contributed by atoms with Crippen LogP contribution in [0.2, 0.25) is 0 Å². The average molecular weight is 505 g/mol. The number of halogens is 1. The molecule has 0 N–H and O–H groups in total. The zero-order valence-corrected chi connectivity index (χ0v) is 20.1. The quantitative estimate of drug-likeness (QED) is 0.332. The fourth-order valence-electron chi connectivity index (χ4n) is 3.41. The highest BCUT2D eigenvalue weighted by Crippen LogP contribution is 2.23. The third kappa shape index (κ3) is 4.71. The standard InChI is InChI=1S/C26H21BrN2O2S/c1-17(2)21-10-6-7-11-22(21)29-24(30)16-23(18-8-4-3-5-9-18)32-26(29)28-25(31)19-12-14-20(27)15-13-19/h3-17H,1-2H3. The predicted molar refractivity (Wildman–Crippen MR) is 133 cm³/mol. The molecule has 1 heterocycles. The molecular formula is C26H21BrN2O2S. The number of rotatable bonds is 4. The lowest BCUT2D eigenvalue weighted by atomic mass is 10.0. The van der Waals surface area contributed by atoms with Crippen LogP contribution in [0.15, 0.2) is 99.2 Å². The fourth-order valence-corrected chi connectivity index (χ4v) is 4.69. The highest BCUT2D eigenvalue weighted by atomic mass is 79.9. The third-order valence-electron chi connectivity index (χ3n) is 5.01. The molecule has 1 aromatic heterocycles. The molecule has 0 atom stereocenters. The monoisotopic (exact) mass is 504 g/mol. The Morgan fingerprint density at radius 3 is 2.28 bits per heavy atom. The van der Waals surface area contributed by atoms with Crippen molar-refractivity contribution in [3.05, 3.63) is 116 Å². The number of hydrogen-bond acceptors (Lipinski definition) is 3. The number of amides is 1. The van der Waals surface area contributed by atoms with E-state index in [0.29, 0.717) is 10.4 Å². The van der Waals surface area contributed by atoms with Gasteiger partial charge >= 0.3 is 0 Å². The Labute approximate surface area is 198 Å². The summed E-state index contributed by atoms with van der Waals surface area (Å²) in [6.07, 6.45) is 0. The van der Waals surface area contributed by atoms with E-state index in [1.807, 2.05) is 54.6 Å². The number of nitrogens with zero attached hydrogens (tertiary/aromatic N) is 2. The largest absolute Gasteiger partial charge is 0.279 e. The Balaban J connectivity index is 1.99. The van der Waals surface area contributed by atoms with E-state index >= 15 is 0 Å². The molecule has 1 amide bonds. The van der Waals surface area contributed by atoms with Crippen LogP contribution >= 0.6 is 27.3 Å². The molecule has 0 saturated carbocycles. The molecular weight excluding hydrogens is 484 g/mol. The van der Waals surface area contributed by atoms with Gasteiger partial charge in [0.15, 0.2) is 0 Å². The van der Waals surface area contributed by atoms with Gasteiger partial charge in [-0.05, 0) is 47.4 Å². The van der Waals surface area contributed by atoms with Crippen molar-refractivity contribution in [3.63, 3.8) is 0 Å². The first-order chi connectivity index (χ1) is 15.4. The molecule has 0 unspecified atom stereocenters. The van der Waals surface area contributed by atoms with E-state index in [4.69, 9.17) is 0 Å². The van der Waals surface area contributed by atoms with E-state index in [9.17, 15) is 9.59 Å². The minimum atomic E-state index is -0.394. The molecule has 4 aromatic rings. The first-order valence-electron chi connectivity index (χ1n) is 10.2. The Kier molecular flexibility index (Phi) is 6.63. The summed E-state index contributed by atoms with van der Waals surface area (Å²) in [5, 5.41) is 0. The average Bonchev–Trinajstić information content (AvgIpc) is 2.80. The molecule has 0 spiro atoms. The summed E-state index contributed by atoms with van der Waals surface area (Å²) < 4.78 is 2.43. The molecule has 0 fully saturated rings. The highest BCUT2D eigenvalue weighted by molar-refractivity contribution is 9.10. The first-order valence-corrected chi connectivity index (χ1v) is 11.8. The van der Waals surface area contributed by atoms with Crippen molar-refractivity contribution in [1.29, 1.82) is 0 Å². The maximum atomic E-state index is 13.4. The van der Waals surface area contributed by atoms with E-state index in [1.54, 1.807) is 34.9 Å². The molecule has 4 nitrogen and oxygen atoms in total. The van der Waals surface area contributed by atoms with E-state index in [1.165, 1.54) is 11.3 Å². The molecule has 160 valence electrons. The lowest BCUT2D eigenvalue weighted by Crippen LogP contribution is -2.31. The number of carbonyl (C=O) groups excluding carboxylic acids is 1. The van der Waals surface area contributed by atoms with Gasteiger partial charge in [0, 0.05) is 21.0 Å². The molecule has 0 radical (unpaired) electrons. The summed E-state index contributed by atoms with van der Waals surface area (Å²) in [7, 11) is 0. The van der Waals surface area contributed by atoms with Crippen molar-refractivity contribution < 1.29 is 4.79 Å². The number of benzene rings is 3. The van der Waals surface area contributed by atoms with Crippen LogP contribution < -0.4 is 10.4 Å². The SMILES string of the molecule is CC(C)c1ccccc1-n1c(=O)cc(-c2ccccc2)sc1=NC(=O)c1ccc(Br)cc1. The summed E-state index contributed by atoms with van der Waals surface area (Å²) in [6.45, 7) is 4.16. The number of carbonyl (C=O) groups is 1. The van der Waals surface area contributed by atoms with Gasteiger partial charge in [-0.15, -0.1) is 0 Å². The van der Waals surface area contributed by atoms with Crippen molar-refractivity contribution in [2.75, 3.05) is 0 Å². The zero-order chi connectivity index (χ0) is 22.7. The van der Waals surface area contributed by atoms with E-state index in [0.717, 1.165) is 26.2 Å². The Morgan fingerprint density at radius 1 is 0.938 bits per heavy atom. The minimum absolute atomic E-state index is 0.201. The molecule has 0 aliphatic rings. The van der Waals surface area contributed by atoms with Gasteiger partial charge in [0.05, 0.1) is 5.69 Å². The Bertz CT molecular complexity index is 1390. The normalized spacial score (nSPS) is 11.7. The lowest BCUT2D eigenvalue weighted by molar-refractivity contribution is 0.0998. The second-order valence-electron chi connectivity index (χ2n) is 7.57. The summed E-state index contributed by atoms with van der Waals surface area (Å²) >= 11 is 4.71. The predicted octanol–water partition coefficient (Wildman–Crippen LogP) is 6.19. The van der Waals surface area contributed by atoms with Crippen LogP contribution in [0.3, 0.4) is 0 Å². The minimum Gasteiger partial charge on any atom is -0.269 e. The van der Waals surface area contributed by atoms with Crippen molar-refractivity contribution >= 4 is 33.2 Å². The van der Waals surface area contributed by atoms with Gasteiger partial charge in [0.2, 0.25) is 4.80 Å². The number of para-hydroxylation sites is 1. The topological polar surface area (TPSA) is 51.4 Å². The number of aromatic nitrogens is 1. The Morgan fingerprint density at radius 2 is 1.59 bits per heavy atom. The second kappa shape index (κ2) is 9.59. The van der Waals surface area contributed by atoms with E-state index in [2.05, 4.69) is 34.8 Å². The van der Waals surface area contributed by atoms with Crippen LogP contribution in [0.1, 0.15) is 35.7 Å². The summed E-state index contributed by atoms with van der Waals surface area (Å²) in [6, 6.07) is 26.0. The van der Waals surface area contributed by atoms with Crippen molar-refractivity contribution in [3.8, 4) is 16.1 Å². The third-order valence-corrected chi connectivity index (χ3v) is 6.57. The summed E-state index contributed by atoms with van der Waals surface area (Å²) in [4.78, 5) is 31.9. The van der Waals surface area contributed by atoms with Crippen LogP contribution in [0.25, 0.3) is 16.1 Å². The molecule has 0 bridgehead atoms. The van der Waals surface area contributed by atoms with Gasteiger partial charge in [-0.1, -0.05) is 89.6 Å². The fraction of sp³-hybridized carbons (Fsp3) is 0.115. The van der Waals surface area contributed by atoms with Crippen molar-refractivity contribution in [1.82, 2.24) is 4.57 Å². The molecule has 3 aromatic carbocycles. The molecule has 0 aliphatic carbocycles. The summed E-state index contributed by atoms with van der Waals surface area (Å²) in [5.74, 6) is -0.193. The molecule has 6 heteroatoms. The molecule has 32 heavy (non-hydrogen) atoms. The van der Waals surface area contributed by atoms with Gasteiger partial charge in [0.25, 0.3) is 11.5 Å². The van der Waals surface area contributed by atoms with Crippen molar-refractivity contribution in [2.24, 2.45) is 4.99 Å². The summed E-state index contributed by atoms with van der Waals surface area (Å²) in [5.41, 5.74) is 2.90. The van der Waals surface area contributed by atoms with Crippen LogP contribution in [0.4, 0.5) is 0 Å². The van der Waals surface area contributed by atoms with Crippen LogP contribution in [0, 0.1) is 0 Å². The van der Waals surface area contributed by atoms with Gasteiger partial charge in [-0.2, -0.15) is 4.99 Å². The molecule has 0 aliphatic heterocycles. The highest BCUT2D eigenvalue weighted by Gasteiger charge is 2.14. The van der Waals surface area contributed by atoms with Crippen molar-refractivity contribution in [2.45, 2.75) is 19.8 Å². The van der Waals surface area contributed by atoms with E-state index in [-0.39, 0.29) is 11.5 Å². The van der Waals surface area contributed by atoms with Gasteiger partial charge < -0.3 is 0 Å². The lowest BCUT2D eigenvalue weighted by Gasteiger charge is -2.15. The maximum absolute atomic E-state index is 13.4. The maximum Gasteiger partial charge on any atom is 0.279 e. The van der Waals surface area contributed by atoms with Crippen LogP contribution in [0.5, 0.6) is 0 Å². The van der Waals surface area contributed by atoms with Gasteiger partial charge in [-0.3, -0.25) is 14.2 Å². The van der Waals surface area contributed by atoms with E-state index < -0.39 is 5.91 Å². The smallest absolute Gasteiger partial charge is 0.269 e. The van der Waals surface area contributed by atoms with Crippen LogP contribution in [-0.2, 0) is 0 Å². The Hall–Kier alpha value is -3.09. The van der Waals surface area contributed by atoms with Gasteiger partial charge in [-0.25, -0.2) is 0 Å².